The van der Waals surface area contributed by atoms with Crippen molar-refractivity contribution in [3.63, 3.8) is 0 Å². The lowest BCUT2D eigenvalue weighted by Crippen LogP contribution is -2.38. The minimum atomic E-state index is -4.50. The fourth-order valence-corrected chi connectivity index (χ4v) is 3.42. The van der Waals surface area contributed by atoms with Crippen LogP contribution in [0, 0.1) is 6.92 Å². The van der Waals surface area contributed by atoms with Crippen LogP contribution in [0.1, 0.15) is 16.8 Å². The number of alkyl halides is 3. The molecule has 1 fully saturated rings. The molecule has 0 atom stereocenters. The number of halogens is 3. The Labute approximate surface area is 192 Å². The Balaban J connectivity index is 1.52. The van der Waals surface area contributed by atoms with Crippen LogP contribution in [0.4, 0.5) is 23.7 Å². The molecule has 0 aliphatic carbocycles. The Morgan fingerprint density at radius 1 is 1.06 bits per heavy atom. The highest BCUT2D eigenvalue weighted by Gasteiger charge is 2.35. The van der Waals surface area contributed by atoms with Crippen LogP contribution in [-0.4, -0.2) is 33.9 Å². The molecule has 34 heavy (non-hydrogen) atoms. The van der Waals surface area contributed by atoms with Crippen LogP contribution in [0.5, 0.6) is 0 Å². The summed E-state index contributed by atoms with van der Waals surface area (Å²) in [7, 11) is 0. The first kappa shape index (κ1) is 22.8. The zero-order valence-electron chi connectivity index (χ0n) is 17.9. The molecular formula is C24H19F3N4O3. The second kappa shape index (κ2) is 8.89. The second-order valence-corrected chi connectivity index (χ2v) is 7.64. The van der Waals surface area contributed by atoms with Crippen LogP contribution < -0.4 is 10.6 Å². The summed E-state index contributed by atoms with van der Waals surface area (Å²) in [6.07, 6.45) is -1.62. The Hall–Kier alpha value is -4.34. The van der Waals surface area contributed by atoms with Gasteiger partial charge in [0.25, 0.3) is 5.91 Å². The maximum atomic E-state index is 13.1. The summed E-state index contributed by atoms with van der Waals surface area (Å²) >= 11 is 0. The number of rotatable bonds is 5. The zero-order valence-corrected chi connectivity index (χ0v) is 17.9. The van der Waals surface area contributed by atoms with Gasteiger partial charge in [-0.1, -0.05) is 23.8 Å². The number of urea groups is 1. The molecule has 10 heteroatoms. The number of carbonyl (C=O) groups is 3. The largest absolute Gasteiger partial charge is 0.416 e. The number of hydrogen-bond acceptors (Lipinski definition) is 3. The van der Waals surface area contributed by atoms with Crippen molar-refractivity contribution in [3.05, 3.63) is 89.4 Å². The predicted octanol–water partition coefficient (Wildman–Crippen LogP) is 4.34. The van der Waals surface area contributed by atoms with Crippen LogP contribution in [0.2, 0.25) is 0 Å². The minimum Gasteiger partial charge on any atom is -0.325 e. The average Bonchev–Trinajstić information content (AvgIpc) is 3.35. The molecule has 1 saturated heterocycles. The smallest absolute Gasteiger partial charge is 0.325 e. The molecule has 1 aliphatic heterocycles. The van der Waals surface area contributed by atoms with E-state index in [0.29, 0.717) is 11.4 Å². The lowest BCUT2D eigenvalue weighted by molar-refractivity contribution is -0.137. The van der Waals surface area contributed by atoms with Gasteiger partial charge in [-0.2, -0.15) is 13.2 Å². The zero-order chi connectivity index (χ0) is 24.5. The molecule has 2 heterocycles. The van der Waals surface area contributed by atoms with Crippen molar-refractivity contribution in [3.8, 4) is 5.69 Å². The van der Waals surface area contributed by atoms with Crippen LogP contribution in [0.15, 0.2) is 72.6 Å². The normalized spacial score (nSPS) is 15.1. The van der Waals surface area contributed by atoms with Crippen molar-refractivity contribution in [1.82, 2.24) is 14.8 Å². The van der Waals surface area contributed by atoms with Crippen molar-refractivity contribution in [2.45, 2.75) is 13.1 Å². The number of amides is 4. The molecule has 174 valence electrons. The molecule has 0 saturated carbocycles. The minimum absolute atomic E-state index is 0.0972. The first-order valence-corrected chi connectivity index (χ1v) is 10.2. The van der Waals surface area contributed by atoms with Gasteiger partial charge in [0.05, 0.1) is 5.56 Å². The molecule has 0 bridgehead atoms. The van der Waals surface area contributed by atoms with Gasteiger partial charge >= 0.3 is 12.2 Å². The van der Waals surface area contributed by atoms with Crippen molar-refractivity contribution < 1.29 is 27.6 Å². The van der Waals surface area contributed by atoms with E-state index in [4.69, 9.17) is 0 Å². The molecule has 0 unspecified atom stereocenters. The number of nitrogens with one attached hydrogen (secondary N) is 2. The number of anilines is 1. The van der Waals surface area contributed by atoms with Crippen molar-refractivity contribution >= 4 is 29.6 Å². The highest BCUT2D eigenvalue weighted by atomic mass is 19.4. The highest BCUT2D eigenvalue weighted by molar-refractivity contribution is 6.15. The Kier molecular flexibility index (Phi) is 5.97. The van der Waals surface area contributed by atoms with Gasteiger partial charge in [0, 0.05) is 23.3 Å². The van der Waals surface area contributed by atoms with Crippen molar-refractivity contribution in [1.29, 1.82) is 0 Å². The Morgan fingerprint density at radius 2 is 1.79 bits per heavy atom. The first-order valence-electron chi connectivity index (χ1n) is 10.2. The number of carbonyl (C=O) groups excluding carboxylic acids is 3. The third kappa shape index (κ3) is 4.85. The molecule has 0 spiro atoms. The Bertz CT molecular complexity index is 1290. The maximum Gasteiger partial charge on any atom is 0.416 e. The summed E-state index contributed by atoms with van der Waals surface area (Å²) in [5.74, 6) is -1.28. The quantitative estimate of drug-likeness (QED) is 0.432. The SMILES string of the molecule is Cc1ccc(NC(=O)CN2C(=O)N/C(=C/c3cccn3-c3cccc(C(F)(F)F)c3)C2=O)cc1. The molecule has 1 aromatic heterocycles. The number of hydrogen-bond donors (Lipinski definition) is 2. The molecule has 2 N–H and O–H groups in total. The van der Waals surface area contributed by atoms with E-state index in [9.17, 15) is 27.6 Å². The lowest BCUT2D eigenvalue weighted by Gasteiger charge is -2.12. The van der Waals surface area contributed by atoms with E-state index < -0.39 is 36.1 Å². The number of aromatic nitrogens is 1. The van der Waals surface area contributed by atoms with Gasteiger partial charge in [-0.25, -0.2) is 9.69 Å². The number of benzene rings is 2. The standard InChI is InChI=1S/C24H19F3N4O3/c1-15-7-9-17(10-8-15)28-21(32)14-31-22(33)20(29-23(31)34)13-19-6-3-11-30(19)18-5-2-4-16(12-18)24(25,26)27/h2-13H,14H2,1H3,(H,28,32)(H,29,34)/b20-13+. The van der Waals surface area contributed by atoms with Gasteiger partial charge in [-0.3, -0.25) is 9.59 Å². The van der Waals surface area contributed by atoms with E-state index in [1.54, 1.807) is 24.3 Å². The topological polar surface area (TPSA) is 83.4 Å². The van der Waals surface area contributed by atoms with E-state index in [1.165, 1.54) is 29.0 Å². The maximum absolute atomic E-state index is 13.1. The van der Waals surface area contributed by atoms with Crippen LogP contribution in [-0.2, 0) is 15.8 Å². The summed E-state index contributed by atoms with van der Waals surface area (Å²) in [4.78, 5) is 38.1. The molecule has 2 aromatic carbocycles. The van der Waals surface area contributed by atoms with E-state index in [-0.39, 0.29) is 11.4 Å². The van der Waals surface area contributed by atoms with Gasteiger partial charge in [-0.15, -0.1) is 0 Å². The van der Waals surface area contributed by atoms with Crippen LogP contribution >= 0.6 is 0 Å². The number of nitrogens with zero attached hydrogens (tertiary/aromatic N) is 2. The first-order chi connectivity index (χ1) is 16.1. The van der Waals surface area contributed by atoms with Crippen molar-refractivity contribution in [2.24, 2.45) is 0 Å². The molecule has 4 rings (SSSR count). The third-order valence-electron chi connectivity index (χ3n) is 5.12. The summed E-state index contributed by atoms with van der Waals surface area (Å²) in [5.41, 5.74) is 1.23. The second-order valence-electron chi connectivity index (χ2n) is 7.64. The van der Waals surface area contributed by atoms with Gasteiger partial charge in [0.2, 0.25) is 5.91 Å². The monoisotopic (exact) mass is 468 g/mol. The van der Waals surface area contributed by atoms with Crippen LogP contribution in [0.3, 0.4) is 0 Å². The summed E-state index contributed by atoms with van der Waals surface area (Å²) in [6.45, 7) is 1.40. The summed E-state index contributed by atoms with van der Waals surface area (Å²) < 4.78 is 40.7. The summed E-state index contributed by atoms with van der Waals surface area (Å²) in [6, 6.07) is 14.2. The number of imide groups is 1. The lowest BCUT2D eigenvalue weighted by atomic mass is 10.2. The van der Waals surface area contributed by atoms with Gasteiger partial charge < -0.3 is 15.2 Å². The van der Waals surface area contributed by atoms with Crippen LogP contribution in [0.25, 0.3) is 11.8 Å². The van der Waals surface area contributed by atoms with E-state index in [2.05, 4.69) is 10.6 Å². The Morgan fingerprint density at radius 3 is 2.50 bits per heavy atom. The molecule has 3 aromatic rings. The predicted molar refractivity (Wildman–Crippen MR) is 119 cm³/mol. The molecule has 4 amide bonds. The number of aryl methyl sites for hydroxylation is 1. The van der Waals surface area contributed by atoms with E-state index in [0.717, 1.165) is 22.6 Å². The van der Waals surface area contributed by atoms with Gasteiger partial charge in [0.15, 0.2) is 0 Å². The third-order valence-corrected chi connectivity index (χ3v) is 5.12. The fraction of sp³-hybridized carbons (Fsp3) is 0.125. The highest BCUT2D eigenvalue weighted by Crippen LogP contribution is 2.31. The van der Waals surface area contributed by atoms with Gasteiger partial charge in [-0.05, 0) is 55.5 Å². The fourth-order valence-electron chi connectivity index (χ4n) is 3.42. The molecule has 7 nitrogen and oxygen atoms in total. The van der Waals surface area contributed by atoms with Gasteiger partial charge in [0.1, 0.15) is 12.2 Å². The molecular weight excluding hydrogens is 449 g/mol. The molecule has 1 aliphatic rings. The summed E-state index contributed by atoms with van der Waals surface area (Å²) in [5, 5.41) is 5.03. The van der Waals surface area contributed by atoms with E-state index in [1.807, 2.05) is 19.1 Å². The average molecular weight is 468 g/mol. The van der Waals surface area contributed by atoms with E-state index >= 15 is 0 Å². The van der Waals surface area contributed by atoms with Crippen molar-refractivity contribution in [2.75, 3.05) is 11.9 Å². The molecule has 0 radical (unpaired) electrons.